The van der Waals surface area contributed by atoms with Crippen LogP contribution in [0.4, 0.5) is 10.8 Å². The number of benzene rings is 2. The van der Waals surface area contributed by atoms with Crippen molar-refractivity contribution < 1.29 is 9.53 Å². The van der Waals surface area contributed by atoms with Gasteiger partial charge in [-0.15, -0.1) is 10.2 Å². The van der Waals surface area contributed by atoms with Crippen LogP contribution in [0.1, 0.15) is 19.8 Å². The van der Waals surface area contributed by atoms with Gasteiger partial charge in [0.05, 0.1) is 10.0 Å². The van der Waals surface area contributed by atoms with Crippen molar-refractivity contribution in [1.82, 2.24) is 15.1 Å². The van der Waals surface area contributed by atoms with E-state index in [2.05, 4.69) is 22.4 Å². The number of likely N-dealkylation sites (tertiary alicyclic amines) is 1. The Hall–Kier alpha value is -2.35. The molecule has 6 nitrogen and oxygen atoms in total. The minimum absolute atomic E-state index is 0.0399. The molecule has 2 heterocycles. The molecule has 1 saturated heterocycles. The molecule has 1 fully saturated rings. The molecule has 0 radical (unpaired) electrons. The molecule has 31 heavy (non-hydrogen) atoms. The smallest absolute Gasteiger partial charge is 0.260 e. The third-order valence-electron chi connectivity index (χ3n) is 5.20. The second-order valence-electron chi connectivity index (χ2n) is 7.54. The molecular weight excluding hydrogens is 455 g/mol. The molecule has 162 valence electrons. The average Bonchev–Trinajstić information content (AvgIpc) is 3.24. The number of ether oxygens (including phenoxy) is 1. The van der Waals surface area contributed by atoms with Gasteiger partial charge in [-0.05, 0) is 61.2 Å². The fourth-order valence-corrected chi connectivity index (χ4v) is 4.34. The van der Waals surface area contributed by atoms with Crippen molar-refractivity contribution in [3.8, 4) is 16.3 Å². The van der Waals surface area contributed by atoms with Gasteiger partial charge in [-0.2, -0.15) is 0 Å². The van der Waals surface area contributed by atoms with Crippen LogP contribution in [-0.4, -0.2) is 40.7 Å². The van der Waals surface area contributed by atoms with E-state index in [1.807, 2.05) is 35.2 Å². The number of rotatable bonds is 6. The van der Waals surface area contributed by atoms with Gasteiger partial charge in [0.15, 0.2) is 6.61 Å². The maximum Gasteiger partial charge on any atom is 0.260 e. The van der Waals surface area contributed by atoms with E-state index in [0.717, 1.165) is 42.2 Å². The lowest BCUT2D eigenvalue weighted by molar-refractivity contribution is -0.134. The second-order valence-corrected chi connectivity index (χ2v) is 9.33. The Bertz CT molecular complexity index is 1050. The molecule has 1 aliphatic rings. The van der Waals surface area contributed by atoms with Gasteiger partial charge in [0.2, 0.25) is 5.13 Å². The summed E-state index contributed by atoms with van der Waals surface area (Å²) < 4.78 is 5.68. The normalized spacial score (nSPS) is 14.5. The van der Waals surface area contributed by atoms with Crippen LogP contribution in [0.25, 0.3) is 10.6 Å². The number of hydrogen-bond acceptors (Lipinski definition) is 6. The highest BCUT2D eigenvalue weighted by Gasteiger charge is 2.20. The highest BCUT2D eigenvalue weighted by atomic mass is 35.5. The molecule has 2 aromatic carbocycles. The molecule has 0 atom stereocenters. The number of halogens is 2. The largest absolute Gasteiger partial charge is 0.484 e. The molecule has 0 unspecified atom stereocenters. The molecule has 4 rings (SSSR count). The molecule has 0 saturated carbocycles. The van der Waals surface area contributed by atoms with Crippen molar-refractivity contribution in [2.45, 2.75) is 19.8 Å². The molecule has 0 aliphatic carbocycles. The summed E-state index contributed by atoms with van der Waals surface area (Å²) in [4.78, 5) is 14.2. The molecule has 1 N–H and O–H groups in total. The second kappa shape index (κ2) is 9.85. The summed E-state index contributed by atoms with van der Waals surface area (Å²) >= 11 is 13.4. The van der Waals surface area contributed by atoms with Crippen LogP contribution in [0, 0.1) is 5.92 Å². The Labute approximate surface area is 195 Å². The summed E-state index contributed by atoms with van der Waals surface area (Å²) in [5.41, 5.74) is 1.71. The number of piperidine rings is 1. The van der Waals surface area contributed by atoms with Gasteiger partial charge >= 0.3 is 0 Å². The summed E-state index contributed by atoms with van der Waals surface area (Å²) in [6.07, 6.45) is 2.12. The van der Waals surface area contributed by atoms with Crippen molar-refractivity contribution in [3.05, 3.63) is 52.5 Å². The summed E-state index contributed by atoms with van der Waals surface area (Å²) in [6.45, 7) is 3.92. The first-order chi connectivity index (χ1) is 15.0. The molecule has 1 amide bonds. The number of aromatic nitrogens is 2. The minimum atomic E-state index is 0.0399. The van der Waals surface area contributed by atoms with Gasteiger partial charge in [0.1, 0.15) is 10.8 Å². The van der Waals surface area contributed by atoms with Gasteiger partial charge in [-0.1, -0.05) is 41.5 Å². The maximum absolute atomic E-state index is 12.3. The average molecular weight is 477 g/mol. The van der Waals surface area contributed by atoms with E-state index in [9.17, 15) is 4.79 Å². The van der Waals surface area contributed by atoms with Crippen LogP contribution in [0.3, 0.4) is 0 Å². The summed E-state index contributed by atoms with van der Waals surface area (Å²) in [5, 5.41) is 14.0. The Morgan fingerprint density at radius 2 is 1.87 bits per heavy atom. The Morgan fingerprint density at radius 3 is 2.58 bits per heavy atom. The number of nitrogens with zero attached hydrogens (tertiary/aromatic N) is 3. The first-order valence-corrected chi connectivity index (χ1v) is 11.6. The van der Waals surface area contributed by atoms with Gasteiger partial charge in [0, 0.05) is 24.3 Å². The zero-order chi connectivity index (χ0) is 21.8. The lowest BCUT2D eigenvalue weighted by Crippen LogP contribution is -2.40. The van der Waals surface area contributed by atoms with Crippen LogP contribution in [-0.2, 0) is 4.79 Å². The minimum Gasteiger partial charge on any atom is -0.484 e. The molecular formula is C22H22Cl2N4O2S. The first kappa shape index (κ1) is 21.9. The molecule has 9 heteroatoms. The molecule has 0 bridgehead atoms. The number of hydrogen-bond donors (Lipinski definition) is 1. The highest BCUT2D eigenvalue weighted by Crippen LogP contribution is 2.31. The predicted octanol–water partition coefficient (Wildman–Crippen LogP) is 5.89. The topological polar surface area (TPSA) is 67.4 Å². The number of carbonyl (C=O) groups excluding carboxylic acids is 1. The summed E-state index contributed by atoms with van der Waals surface area (Å²) in [6, 6.07) is 12.8. The van der Waals surface area contributed by atoms with E-state index in [-0.39, 0.29) is 12.5 Å². The lowest BCUT2D eigenvalue weighted by atomic mass is 9.99. The van der Waals surface area contributed by atoms with E-state index in [0.29, 0.717) is 26.8 Å². The van der Waals surface area contributed by atoms with E-state index in [4.69, 9.17) is 27.9 Å². The van der Waals surface area contributed by atoms with E-state index in [1.165, 1.54) is 11.3 Å². The molecule has 3 aromatic rings. The van der Waals surface area contributed by atoms with Gasteiger partial charge in [0.25, 0.3) is 5.91 Å². The van der Waals surface area contributed by atoms with Crippen molar-refractivity contribution >= 4 is 51.3 Å². The van der Waals surface area contributed by atoms with Crippen LogP contribution in [0.15, 0.2) is 42.5 Å². The zero-order valence-corrected chi connectivity index (χ0v) is 19.3. The van der Waals surface area contributed by atoms with Crippen LogP contribution >= 0.6 is 34.5 Å². The Balaban J connectivity index is 1.33. The predicted molar refractivity (Wildman–Crippen MR) is 126 cm³/mol. The Kier molecular flexibility index (Phi) is 6.95. The van der Waals surface area contributed by atoms with Crippen LogP contribution in [0.2, 0.25) is 10.0 Å². The van der Waals surface area contributed by atoms with E-state index in [1.54, 1.807) is 12.1 Å². The highest BCUT2D eigenvalue weighted by molar-refractivity contribution is 7.18. The van der Waals surface area contributed by atoms with Crippen molar-refractivity contribution in [1.29, 1.82) is 0 Å². The van der Waals surface area contributed by atoms with Gasteiger partial charge in [-0.3, -0.25) is 4.79 Å². The maximum atomic E-state index is 12.3. The number of nitrogens with one attached hydrogen (secondary N) is 1. The lowest BCUT2D eigenvalue weighted by Gasteiger charge is -2.30. The standard InChI is InChI=1S/C22H22Cl2N4O2S/c1-14-8-10-28(11-9-14)20(29)13-30-17-5-2-15(3-6-17)21-26-27-22(31-21)25-16-4-7-18(23)19(24)12-16/h2-7,12,14H,8-11,13H2,1H3,(H,25,27). The van der Waals surface area contributed by atoms with E-state index >= 15 is 0 Å². The SMILES string of the molecule is CC1CCN(C(=O)COc2ccc(-c3nnc(Nc4ccc(Cl)c(Cl)c4)s3)cc2)CC1. The van der Waals surface area contributed by atoms with Gasteiger partial charge in [-0.25, -0.2) is 0 Å². The quantitative estimate of drug-likeness (QED) is 0.479. The Morgan fingerprint density at radius 1 is 1.13 bits per heavy atom. The molecule has 0 spiro atoms. The monoisotopic (exact) mass is 476 g/mol. The zero-order valence-electron chi connectivity index (χ0n) is 17.0. The number of amides is 1. The fourth-order valence-electron chi connectivity index (χ4n) is 3.28. The van der Waals surface area contributed by atoms with E-state index < -0.39 is 0 Å². The van der Waals surface area contributed by atoms with Crippen molar-refractivity contribution in [2.24, 2.45) is 5.92 Å². The van der Waals surface area contributed by atoms with Crippen molar-refractivity contribution in [3.63, 3.8) is 0 Å². The van der Waals surface area contributed by atoms with Crippen LogP contribution < -0.4 is 10.1 Å². The van der Waals surface area contributed by atoms with Gasteiger partial charge < -0.3 is 15.0 Å². The number of anilines is 2. The summed E-state index contributed by atoms with van der Waals surface area (Å²) in [5.74, 6) is 1.39. The first-order valence-electron chi connectivity index (χ1n) is 10.0. The third kappa shape index (κ3) is 5.67. The summed E-state index contributed by atoms with van der Waals surface area (Å²) in [7, 11) is 0. The third-order valence-corrected chi connectivity index (χ3v) is 6.82. The van der Waals surface area contributed by atoms with Crippen LogP contribution in [0.5, 0.6) is 5.75 Å². The fraction of sp³-hybridized carbons (Fsp3) is 0.318. The number of carbonyl (C=O) groups is 1. The molecule has 1 aromatic heterocycles. The molecule has 1 aliphatic heterocycles. The van der Waals surface area contributed by atoms with Crippen molar-refractivity contribution in [2.75, 3.05) is 25.0 Å².